The minimum absolute atomic E-state index is 0.141. The van der Waals surface area contributed by atoms with Crippen LogP contribution in [0.1, 0.15) is 22.4 Å². The molecular formula is C27H22ClN3OS. The van der Waals surface area contributed by atoms with E-state index in [2.05, 4.69) is 64.3 Å². The predicted octanol–water partition coefficient (Wildman–Crippen LogP) is 6.85. The highest BCUT2D eigenvalue weighted by Crippen LogP contribution is 2.34. The number of fused-ring (bicyclic) bond motifs is 1. The molecule has 1 aromatic heterocycles. The van der Waals surface area contributed by atoms with Crippen LogP contribution in [0.5, 0.6) is 0 Å². The van der Waals surface area contributed by atoms with E-state index >= 15 is 0 Å². The zero-order valence-electron chi connectivity index (χ0n) is 18.3. The molecule has 0 spiro atoms. The van der Waals surface area contributed by atoms with Gasteiger partial charge in [-0.1, -0.05) is 66.2 Å². The van der Waals surface area contributed by atoms with Crippen LogP contribution in [0.25, 0.3) is 17.0 Å². The number of nitrogens with one attached hydrogen (secondary N) is 1. The zero-order chi connectivity index (χ0) is 22.9. The molecule has 1 aliphatic heterocycles. The predicted molar refractivity (Wildman–Crippen MR) is 139 cm³/mol. The normalized spacial score (nSPS) is 16.2. The molecule has 4 aromatic rings. The van der Waals surface area contributed by atoms with Gasteiger partial charge in [0.05, 0.1) is 10.6 Å². The second-order valence-electron chi connectivity index (χ2n) is 8.00. The van der Waals surface area contributed by atoms with Gasteiger partial charge in [0, 0.05) is 33.7 Å². The summed E-state index contributed by atoms with van der Waals surface area (Å²) in [4.78, 5) is 18.0. The van der Waals surface area contributed by atoms with Crippen LogP contribution in [0.3, 0.4) is 0 Å². The molecule has 0 aliphatic carbocycles. The summed E-state index contributed by atoms with van der Waals surface area (Å²) in [7, 11) is 0. The number of nitrogens with zero attached hydrogens (tertiary/aromatic N) is 2. The van der Waals surface area contributed by atoms with Crippen LogP contribution in [-0.4, -0.2) is 15.6 Å². The van der Waals surface area contributed by atoms with Gasteiger partial charge in [-0.25, -0.2) is 4.99 Å². The summed E-state index contributed by atoms with van der Waals surface area (Å²) >= 11 is 7.47. The maximum atomic E-state index is 12.8. The molecule has 5 rings (SSSR count). The highest BCUT2D eigenvalue weighted by Gasteiger charge is 2.25. The summed E-state index contributed by atoms with van der Waals surface area (Å²) < 4.78 is 2.30. The molecule has 0 unspecified atom stereocenters. The number of carbonyl (C=O) groups excluding carboxylic acids is 1. The van der Waals surface area contributed by atoms with Crippen LogP contribution >= 0.6 is 23.4 Å². The highest BCUT2D eigenvalue weighted by atomic mass is 35.5. The Morgan fingerprint density at radius 2 is 1.79 bits per heavy atom. The summed E-state index contributed by atoms with van der Waals surface area (Å²) in [6, 6.07) is 24.3. The van der Waals surface area contributed by atoms with Crippen LogP contribution < -0.4 is 5.32 Å². The van der Waals surface area contributed by atoms with Crippen molar-refractivity contribution in [2.24, 2.45) is 4.99 Å². The topological polar surface area (TPSA) is 46.4 Å². The quantitative estimate of drug-likeness (QED) is 0.331. The first-order chi connectivity index (χ1) is 16.0. The second kappa shape index (κ2) is 8.93. The average molecular weight is 472 g/mol. The molecule has 0 bridgehead atoms. The number of benzene rings is 3. The molecule has 1 N–H and O–H groups in total. The fraction of sp³-hybridized carbons (Fsp3) is 0.111. The number of amides is 1. The Labute approximate surface area is 202 Å². The average Bonchev–Trinajstić information content (AvgIpc) is 3.29. The van der Waals surface area contributed by atoms with Crippen molar-refractivity contribution in [3.05, 3.63) is 105 Å². The van der Waals surface area contributed by atoms with Crippen LogP contribution in [0.4, 0.5) is 5.69 Å². The Morgan fingerprint density at radius 3 is 2.61 bits per heavy atom. The van der Waals surface area contributed by atoms with E-state index in [1.165, 1.54) is 17.3 Å². The Kier molecular flexibility index (Phi) is 5.83. The number of rotatable bonds is 4. The van der Waals surface area contributed by atoms with Crippen molar-refractivity contribution in [2.45, 2.75) is 20.4 Å². The molecule has 0 atom stereocenters. The third kappa shape index (κ3) is 4.34. The number of para-hydroxylation sites is 1. The first-order valence-corrected chi connectivity index (χ1v) is 11.9. The lowest BCUT2D eigenvalue weighted by molar-refractivity contribution is -0.115. The lowest BCUT2D eigenvalue weighted by atomic mass is 10.1. The molecule has 6 heteroatoms. The largest absolute Gasteiger partial charge is 0.340 e. The molecule has 164 valence electrons. The highest BCUT2D eigenvalue weighted by molar-refractivity contribution is 8.18. The van der Waals surface area contributed by atoms with Gasteiger partial charge in [-0.3, -0.25) is 4.79 Å². The van der Waals surface area contributed by atoms with Gasteiger partial charge < -0.3 is 9.88 Å². The second-order valence-corrected chi connectivity index (χ2v) is 9.47. The molecule has 3 aromatic carbocycles. The lowest BCUT2D eigenvalue weighted by Gasteiger charge is -2.08. The third-order valence-corrected chi connectivity index (χ3v) is 6.93. The first kappa shape index (κ1) is 21.6. The van der Waals surface area contributed by atoms with Crippen LogP contribution in [-0.2, 0) is 11.3 Å². The van der Waals surface area contributed by atoms with E-state index in [1.54, 1.807) is 6.07 Å². The Morgan fingerprint density at radius 1 is 1.03 bits per heavy atom. The fourth-order valence-corrected chi connectivity index (χ4v) is 5.02. The van der Waals surface area contributed by atoms with Gasteiger partial charge >= 0.3 is 0 Å². The molecule has 0 saturated carbocycles. The first-order valence-electron chi connectivity index (χ1n) is 10.7. The molecule has 1 aliphatic rings. The molecule has 1 fully saturated rings. The Bertz CT molecular complexity index is 1440. The summed E-state index contributed by atoms with van der Waals surface area (Å²) in [5.74, 6) is -0.141. The maximum Gasteiger partial charge on any atom is 0.264 e. The number of hydrogen-bond acceptors (Lipinski definition) is 3. The summed E-state index contributed by atoms with van der Waals surface area (Å²) in [6.07, 6.45) is 1.98. The molecule has 0 radical (unpaired) electrons. The SMILES string of the molecule is Cc1ccc(Cl)cc1N=C1NC(=O)/C(=C/c2c(C)n(Cc3ccccc3)c3ccccc23)S1. The summed E-state index contributed by atoms with van der Waals surface area (Å²) in [6.45, 7) is 4.85. The molecule has 33 heavy (non-hydrogen) atoms. The van der Waals surface area contributed by atoms with Gasteiger partial charge in [-0.15, -0.1) is 0 Å². The van der Waals surface area contributed by atoms with E-state index in [-0.39, 0.29) is 5.91 Å². The lowest BCUT2D eigenvalue weighted by Crippen LogP contribution is -2.19. The smallest absolute Gasteiger partial charge is 0.264 e. The minimum atomic E-state index is -0.141. The van der Waals surface area contributed by atoms with Crippen LogP contribution in [0.15, 0.2) is 82.7 Å². The van der Waals surface area contributed by atoms with Crippen molar-refractivity contribution in [3.63, 3.8) is 0 Å². The van der Waals surface area contributed by atoms with E-state index in [4.69, 9.17) is 11.6 Å². The van der Waals surface area contributed by atoms with Crippen molar-refractivity contribution in [1.29, 1.82) is 0 Å². The summed E-state index contributed by atoms with van der Waals surface area (Å²) in [5, 5.41) is 5.19. The molecule has 1 amide bonds. The molecule has 2 heterocycles. The number of halogens is 1. The molecular weight excluding hydrogens is 450 g/mol. The number of aromatic nitrogens is 1. The van der Waals surface area contributed by atoms with E-state index in [1.807, 2.05) is 37.3 Å². The summed E-state index contributed by atoms with van der Waals surface area (Å²) in [5.41, 5.74) is 6.31. The number of carbonyl (C=O) groups is 1. The van der Waals surface area contributed by atoms with Crippen molar-refractivity contribution in [2.75, 3.05) is 0 Å². The monoisotopic (exact) mass is 471 g/mol. The van der Waals surface area contributed by atoms with Crippen molar-refractivity contribution in [1.82, 2.24) is 9.88 Å². The standard InChI is InChI=1S/C27H22ClN3OS/c1-17-12-13-20(28)14-23(17)29-27-30-26(32)25(33-27)15-22-18(2)31(16-19-8-4-3-5-9-19)24-11-7-6-10-21(22)24/h3-15H,16H2,1-2H3,(H,29,30,32)/b25-15-. The van der Waals surface area contributed by atoms with Crippen molar-refractivity contribution >= 4 is 57.1 Å². The Hall–Kier alpha value is -3.28. The van der Waals surface area contributed by atoms with Crippen LogP contribution in [0.2, 0.25) is 5.02 Å². The van der Waals surface area contributed by atoms with Crippen molar-refractivity contribution < 1.29 is 4.79 Å². The number of hydrogen-bond donors (Lipinski definition) is 1. The maximum absolute atomic E-state index is 12.8. The van der Waals surface area contributed by atoms with Crippen LogP contribution in [0, 0.1) is 13.8 Å². The van der Waals surface area contributed by atoms with E-state index < -0.39 is 0 Å². The number of amidine groups is 1. The van der Waals surface area contributed by atoms with Gasteiger partial charge in [0.1, 0.15) is 0 Å². The number of aliphatic imine (C=N–C) groups is 1. The Balaban J connectivity index is 1.53. The fourth-order valence-electron chi connectivity index (χ4n) is 4.03. The zero-order valence-corrected chi connectivity index (χ0v) is 19.9. The van der Waals surface area contributed by atoms with Gasteiger partial charge in [0.15, 0.2) is 5.17 Å². The van der Waals surface area contributed by atoms with E-state index in [0.717, 1.165) is 40.0 Å². The number of aryl methyl sites for hydroxylation is 1. The van der Waals surface area contributed by atoms with E-state index in [9.17, 15) is 4.79 Å². The minimum Gasteiger partial charge on any atom is -0.340 e. The van der Waals surface area contributed by atoms with E-state index in [0.29, 0.717) is 15.1 Å². The molecule has 1 saturated heterocycles. The molecule has 4 nitrogen and oxygen atoms in total. The van der Waals surface area contributed by atoms with Crippen molar-refractivity contribution in [3.8, 4) is 0 Å². The third-order valence-electron chi connectivity index (χ3n) is 5.78. The number of thioether (sulfide) groups is 1. The van der Waals surface area contributed by atoms with Gasteiger partial charge in [0.2, 0.25) is 0 Å². The van der Waals surface area contributed by atoms with Gasteiger partial charge in [-0.05, 0) is 61.0 Å². The van der Waals surface area contributed by atoms with Gasteiger partial charge in [-0.2, -0.15) is 0 Å². The van der Waals surface area contributed by atoms with Gasteiger partial charge in [0.25, 0.3) is 5.91 Å².